The zero-order valence-electron chi connectivity index (χ0n) is 21.7. The Labute approximate surface area is 233 Å². The Morgan fingerprint density at radius 1 is 0.951 bits per heavy atom. The molecule has 41 heavy (non-hydrogen) atoms. The zero-order valence-corrected chi connectivity index (χ0v) is 21.7. The molecule has 8 N–H and O–H groups in total. The fourth-order valence-corrected chi connectivity index (χ4v) is 5.24. The number of aliphatic hydroxyl groups excluding tert-OH is 6. The van der Waals surface area contributed by atoms with Gasteiger partial charge in [-0.2, -0.15) is 0 Å². The number of carbonyl (C=O) groups is 2. The number of methoxy groups -OCH3 is 1. The number of esters is 2. The van der Waals surface area contributed by atoms with Crippen LogP contribution >= 0.6 is 0 Å². The van der Waals surface area contributed by atoms with E-state index in [-0.39, 0.29) is 11.3 Å². The number of fused-ring (bicyclic) bond motifs is 1. The van der Waals surface area contributed by atoms with Crippen molar-refractivity contribution in [1.29, 1.82) is 0 Å². The summed E-state index contributed by atoms with van der Waals surface area (Å²) >= 11 is 0. The summed E-state index contributed by atoms with van der Waals surface area (Å²) in [5, 5.41) is 80.8. The first-order valence-electron chi connectivity index (χ1n) is 12.6. The first-order chi connectivity index (χ1) is 19.5. The molecule has 2 aliphatic heterocycles. The highest BCUT2D eigenvalue weighted by Crippen LogP contribution is 2.48. The molecule has 0 amide bonds. The molecular formula is C26H32O15. The predicted octanol–water partition coefficient (Wildman–Crippen LogP) is -2.53. The fourth-order valence-electron chi connectivity index (χ4n) is 5.24. The maximum Gasteiger partial charge on any atom is 0.337 e. The number of benzene rings is 1. The van der Waals surface area contributed by atoms with Crippen molar-refractivity contribution in [1.82, 2.24) is 0 Å². The van der Waals surface area contributed by atoms with Crippen molar-refractivity contribution in [3.8, 4) is 11.5 Å². The van der Waals surface area contributed by atoms with Crippen molar-refractivity contribution < 1.29 is 74.1 Å². The number of phenolic OH excluding ortho intramolecular Hbond substituents is 2. The first-order valence-corrected chi connectivity index (χ1v) is 12.6. The topological polar surface area (TPSA) is 242 Å². The minimum atomic E-state index is -1.79. The van der Waals surface area contributed by atoms with Crippen LogP contribution in [0.5, 0.6) is 11.5 Å². The van der Waals surface area contributed by atoms with Gasteiger partial charge in [0, 0.05) is 23.8 Å². The molecule has 1 aromatic carbocycles. The molecular weight excluding hydrogens is 552 g/mol. The Balaban J connectivity index is 1.54. The van der Waals surface area contributed by atoms with E-state index in [0.29, 0.717) is 5.56 Å². The van der Waals surface area contributed by atoms with Crippen LogP contribution in [0.15, 0.2) is 36.1 Å². The van der Waals surface area contributed by atoms with Gasteiger partial charge in [0.2, 0.25) is 6.29 Å². The number of phenols is 2. The smallest absolute Gasteiger partial charge is 0.337 e. The van der Waals surface area contributed by atoms with E-state index in [4.69, 9.17) is 23.7 Å². The van der Waals surface area contributed by atoms with E-state index in [2.05, 4.69) is 0 Å². The third kappa shape index (κ3) is 6.17. The Morgan fingerprint density at radius 3 is 2.34 bits per heavy atom. The van der Waals surface area contributed by atoms with Gasteiger partial charge in [-0.05, 0) is 23.8 Å². The molecule has 1 saturated carbocycles. The molecule has 0 aromatic heterocycles. The Kier molecular flexibility index (Phi) is 9.51. The van der Waals surface area contributed by atoms with Crippen molar-refractivity contribution >= 4 is 18.0 Å². The average Bonchev–Trinajstić information content (AvgIpc) is 3.22. The quantitative estimate of drug-likeness (QED) is 0.0892. The largest absolute Gasteiger partial charge is 0.504 e. The van der Waals surface area contributed by atoms with E-state index in [1.165, 1.54) is 24.3 Å². The standard InChI is InChI=1S/C26H32O15/c1-37-24(36)12-9-39-25(41-26-23(35)22(34)20(32)15(7-27)40-26)18-11(19(31)21(33)17(12)18)8-38-16(30)5-3-10-2-4-13(28)14(29)6-10/h2-6,9,11,15,17-23,25-29,31-35H,7-8H2,1H3/b5-3+. The van der Waals surface area contributed by atoms with Crippen LogP contribution in [0.3, 0.4) is 0 Å². The molecule has 15 heteroatoms. The third-order valence-corrected chi connectivity index (χ3v) is 7.44. The average molecular weight is 585 g/mol. The number of aliphatic hydroxyl groups is 6. The van der Waals surface area contributed by atoms with Gasteiger partial charge in [-0.3, -0.25) is 0 Å². The molecule has 2 heterocycles. The van der Waals surface area contributed by atoms with Crippen molar-refractivity contribution in [3.05, 3.63) is 41.7 Å². The second-order valence-electron chi connectivity index (χ2n) is 9.86. The monoisotopic (exact) mass is 584 g/mol. The van der Waals surface area contributed by atoms with Crippen LogP contribution in [-0.4, -0.2) is 122 Å². The second-order valence-corrected chi connectivity index (χ2v) is 9.86. The lowest BCUT2D eigenvalue weighted by atomic mass is 9.82. The first kappa shape index (κ1) is 30.7. The molecule has 0 spiro atoms. The van der Waals surface area contributed by atoms with Gasteiger partial charge in [0.05, 0.1) is 44.4 Å². The van der Waals surface area contributed by atoms with E-state index in [1.807, 2.05) is 0 Å². The molecule has 0 bridgehead atoms. The minimum Gasteiger partial charge on any atom is -0.504 e. The molecule has 1 aliphatic carbocycles. The van der Waals surface area contributed by atoms with Gasteiger partial charge in [0.25, 0.3) is 0 Å². The highest BCUT2D eigenvalue weighted by atomic mass is 16.8. The summed E-state index contributed by atoms with van der Waals surface area (Å²) in [5.41, 5.74) is 0.230. The summed E-state index contributed by atoms with van der Waals surface area (Å²) in [6, 6.07) is 3.87. The summed E-state index contributed by atoms with van der Waals surface area (Å²) in [6.07, 6.45) is -9.41. The van der Waals surface area contributed by atoms with Gasteiger partial charge in [-0.15, -0.1) is 0 Å². The zero-order chi connectivity index (χ0) is 30.0. The summed E-state index contributed by atoms with van der Waals surface area (Å²) in [5.74, 6) is -5.79. The molecule has 226 valence electrons. The molecule has 1 saturated heterocycles. The lowest BCUT2D eigenvalue weighted by molar-refractivity contribution is -0.343. The Bertz CT molecular complexity index is 1170. The van der Waals surface area contributed by atoms with Crippen LogP contribution in [0.4, 0.5) is 0 Å². The predicted molar refractivity (Wildman–Crippen MR) is 132 cm³/mol. The normalized spacial score (nSPS) is 36.8. The number of carbonyl (C=O) groups excluding carboxylic acids is 2. The van der Waals surface area contributed by atoms with Gasteiger partial charge in [-0.1, -0.05) is 6.07 Å². The van der Waals surface area contributed by atoms with Crippen LogP contribution in [0.1, 0.15) is 5.56 Å². The minimum absolute atomic E-state index is 0.140. The number of hydrogen-bond donors (Lipinski definition) is 8. The van der Waals surface area contributed by atoms with E-state index in [0.717, 1.165) is 19.4 Å². The molecule has 11 atom stereocenters. The summed E-state index contributed by atoms with van der Waals surface area (Å²) in [7, 11) is 1.10. The molecule has 15 nitrogen and oxygen atoms in total. The lowest BCUT2D eigenvalue weighted by Gasteiger charge is -2.43. The maximum atomic E-state index is 12.4. The summed E-state index contributed by atoms with van der Waals surface area (Å²) < 4.78 is 26.7. The Hall–Kier alpha value is -3.28. The number of rotatable bonds is 8. The van der Waals surface area contributed by atoms with Crippen LogP contribution in [0, 0.1) is 17.8 Å². The van der Waals surface area contributed by atoms with Crippen molar-refractivity contribution in [2.45, 2.75) is 49.2 Å². The molecule has 3 aliphatic rings. The number of ether oxygens (including phenoxy) is 5. The SMILES string of the molecule is COC(=O)C1=COC(OC2OC(CO)C(O)C(O)C2O)C2C(COC(=O)/C=C/c3ccc(O)c(O)c3)C(O)C(O)C12. The van der Waals surface area contributed by atoms with Crippen molar-refractivity contribution in [3.63, 3.8) is 0 Å². The maximum absolute atomic E-state index is 12.4. The van der Waals surface area contributed by atoms with Gasteiger partial charge in [-0.25, -0.2) is 9.59 Å². The summed E-state index contributed by atoms with van der Waals surface area (Å²) in [6.45, 7) is -1.21. The van der Waals surface area contributed by atoms with Gasteiger partial charge >= 0.3 is 11.9 Å². The van der Waals surface area contributed by atoms with E-state index < -0.39 is 97.9 Å². The van der Waals surface area contributed by atoms with E-state index in [1.54, 1.807) is 0 Å². The van der Waals surface area contributed by atoms with E-state index >= 15 is 0 Å². The van der Waals surface area contributed by atoms with Crippen LogP contribution in [0.2, 0.25) is 0 Å². The number of aromatic hydroxyl groups is 2. The molecule has 1 aromatic rings. The molecule has 2 fully saturated rings. The lowest BCUT2D eigenvalue weighted by Crippen LogP contribution is -2.60. The fraction of sp³-hybridized carbons (Fsp3) is 0.538. The second kappa shape index (κ2) is 12.7. The van der Waals surface area contributed by atoms with Gasteiger partial charge in [0.15, 0.2) is 17.8 Å². The Morgan fingerprint density at radius 2 is 1.68 bits per heavy atom. The van der Waals surface area contributed by atoms with Crippen molar-refractivity contribution in [2.24, 2.45) is 17.8 Å². The molecule has 11 unspecified atom stereocenters. The van der Waals surface area contributed by atoms with Gasteiger partial charge < -0.3 is 64.5 Å². The van der Waals surface area contributed by atoms with Crippen LogP contribution < -0.4 is 0 Å². The number of hydrogen-bond acceptors (Lipinski definition) is 15. The third-order valence-electron chi connectivity index (χ3n) is 7.44. The van der Waals surface area contributed by atoms with Crippen LogP contribution in [0.25, 0.3) is 6.08 Å². The summed E-state index contributed by atoms with van der Waals surface area (Å²) in [4.78, 5) is 24.9. The van der Waals surface area contributed by atoms with Crippen molar-refractivity contribution in [2.75, 3.05) is 20.3 Å². The van der Waals surface area contributed by atoms with Gasteiger partial charge in [0.1, 0.15) is 24.4 Å². The molecule has 4 rings (SSSR count). The highest BCUT2D eigenvalue weighted by molar-refractivity contribution is 5.89. The highest BCUT2D eigenvalue weighted by Gasteiger charge is 2.59. The van der Waals surface area contributed by atoms with E-state index in [9.17, 15) is 50.4 Å². The van der Waals surface area contributed by atoms with Crippen LogP contribution in [-0.2, 0) is 33.3 Å². The molecule has 0 radical (unpaired) electrons.